The Balaban J connectivity index is 3.94. The molecule has 0 spiro atoms. The normalized spacial score (nSPS) is 12.4. The number of halogens is 1. The Kier molecular flexibility index (Phi) is 12.0. The first-order chi connectivity index (χ1) is 8.26. The maximum absolute atomic E-state index is 12.0. The molecule has 1 atom stereocenters. The molecule has 0 aromatic carbocycles. The Labute approximate surface area is 109 Å². The zero-order valence-electron chi connectivity index (χ0n) is 11.0. The third-order valence-electron chi connectivity index (χ3n) is 2.38. The maximum Gasteiger partial charge on any atom is 0.319 e. The predicted octanol–water partition coefficient (Wildman–Crippen LogP) is 3.98. The fourth-order valence-electron chi connectivity index (χ4n) is 1.42. The van der Waals surface area contributed by atoms with E-state index in [9.17, 15) is 9.18 Å². The first kappa shape index (κ1) is 16.8. The fraction of sp³-hybridized carbons (Fsp3) is 0.923. The van der Waals surface area contributed by atoms with E-state index < -0.39 is 0 Å². The lowest BCUT2D eigenvalue weighted by atomic mass is 10.1. The summed E-state index contributed by atoms with van der Waals surface area (Å²) in [4.78, 5) is 11.8. The van der Waals surface area contributed by atoms with Gasteiger partial charge in [-0.05, 0) is 25.0 Å². The van der Waals surface area contributed by atoms with Crippen molar-refractivity contribution < 1.29 is 13.9 Å². The van der Waals surface area contributed by atoms with Gasteiger partial charge in [-0.1, -0.05) is 33.1 Å². The van der Waals surface area contributed by atoms with E-state index in [1.807, 2.05) is 6.92 Å². The molecule has 0 rings (SSSR count). The molecule has 0 aromatic rings. The first-order valence-electron chi connectivity index (χ1n) is 6.60. The van der Waals surface area contributed by atoms with E-state index in [1.165, 1.54) is 0 Å². The SMILES string of the molecule is CCCCCC(SCCCF)C(=O)OCCC. The smallest absolute Gasteiger partial charge is 0.319 e. The van der Waals surface area contributed by atoms with Crippen LogP contribution in [0.5, 0.6) is 0 Å². The minimum absolute atomic E-state index is 0.0975. The van der Waals surface area contributed by atoms with Gasteiger partial charge in [0.1, 0.15) is 5.25 Å². The summed E-state index contributed by atoms with van der Waals surface area (Å²) in [5, 5.41) is -0.0975. The molecule has 0 aliphatic carbocycles. The maximum atomic E-state index is 12.0. The van der Waals surface area contributed by atoms with Gasteiger partial charge >= 0.3 is 5.97 Å². The second-order valence-electron chi connectivity index (χ2n) is 4.07. The minimum atomic E-state index is -0.307. The third kappa shape index (κ3) is 9.45. The number of esters is 1. The second-order valence-corrected chi connectivity index (χ2v) is 5.38. The van der Waals surface area contributed by atoms with Crippen molar-refractivity contribution in [3.05, 3.63) is 0 Å². The van der Waals surface area contributed by atoms with Gasteiger partial charge in [-0.2, -0.15) is 0 Å². The number of carbonyl (C=O) groups is 1. The van der Waals surface area contributed by atoms with Crippen molar-refractivity contribution in [3.63, 3.8) is 0 Å². The van der Waals surface area contributed by atoms with Crippen LogP contribution in [-0.2, 0) is 9.53 Å². The van der Waals surface area contributed by atoms with Gasteiger partial charge in [-0.25, -0.2) is 0 Å². The van der Waals surface area contributed by atoms with Crippen LogP contribution < -0.4 is 0 Å². The van der Waals surface area contributed by atoms with Crippen LogP contribution in [-0.4, -0.2) is 30.3 Å². The standard InChI is InChI=1S/C13H25FO2S/c1-3-5-6-8-12(17-11-7-9-14)13(15)16-10-4-2/h12H,3-11H2,1-2H3. The van der Waals surface area contributed by atoms with Gasteiger partial charge in [0.05, 0.1) is 13.3 Å². The van der Waals surface area contributed by atoms with Gasteiger partial charge in [0.15, 0.2) is 0 Å². The summed E-state index contributed by atoms with van der Waals surface area (Å²) in [6, 6.07) is 0. The Hall–Kier alpha value is -0.250. The molecule has 4 heteroatoms. The molecule has 0 bridgehead atoms. The van der Waals surface area contributed by atoms with Crippen LogP contribution in [0, 0.1) is 0 Å². The summed E-state index contributed by atoms with van der Waals surface area (Å²) < 4.78 is 17.2. The molecule has 0 N–H and O–H groups in total. The molecule has 0 heterocycles. The lowest BCUT2D eigenvalue weighted by Crippen LogP contribution is -2.21. The van der Waals surface area contributed by atoms with E-state index in [1.54, 1.807) is 11.8 Å². The van der Waals surface area contributed by atoms with Gasteiger partial charge in [0.25, 0.3) is 0 Å². The van der Waals surface area contributed by atoms with Crippen molar-refractivity contribution in [2.24, 2.45) is 0 Å². The Morgan fingerprint density at radius 2 is 2.00 bits per heavy atom. The summed E-state index contributed by atoms with van der Waals surface area (Å²) in [6.07, 6.45) is 5.56. The van der Waals surface area contributed by atoms with Crippen molar-refractivity contribution in [3.8, 4) is 0 Å². The number of unbranched alkanes of at least 4 members (excludes halogenated alkanes) is 2. The van der Waals surface area contributed by atoms with Gasteiger partial charge in [-0.3, -0.25) is 9.18 Å². The zero-order chi connectivity index (χ0) is 12.9. The summed E-state index contributed by atoms with van der Waals surface area (Å²) in [7, 11) is 0. The van der Waals surface area contributed by atoms with Crippen molar-refractivity contribution >= 4 is 17.7 Å². The lowest BCUT2D eigenvalue weighted by molar-refractivity contribution is -0.143. The van der Waals surface area contributed by atoms with E-state index in [2.05, 4.69) is 6.92 Å². The number of hydrogen-bond donors (Lipinski definition) is 0. The third-order valence-corrected chi connectivity index (χ3v) is 3.73. The van der Waals surface area contributed by atoms with E-state index in [4.69, 9.17) is 4.74 Å². The van der Waals surface area contributed by atoms with Crippen molar-refractivity contribution in [2.45, 2.75) is 57.6 Å². The highest BCUT2D eigenvalue weighted by molar-refractivity contribution is 8.00. The average molecular weight is 264 g/mol. The van der Waals surface area contributed by atoms with Crippen LogP contribution in [0.4, 0.5) is 4.39 Å². The number of alkyl halides is 1. The zero-order valence-corrected chi connectivity index (χ0v) is 11.9. The van der Waals surface area contributed by atoms with Gasteiger partial charge in [0, 0.05) is 0 Å². The molecule has 0 fully saturated rings. The molecule has 0 aromatic heterocycles. The summed E-state index contributed by atoms with van der Waals surface area (Å²) in [5.41, 5.74) is 0. The molecule has 2 nitrogen and oxygen atoms in total. The monoisotopic (exact) mass is 264 g/mol. The molecule has 0 amide bonds. The quantitative estimate of drug-likeness (QED) is 0.417. The molecule has 0 radical (unpaired) electrons. The highest BCUT2D eigenvalue weighted by Crippen LogP contribution is 2.20. The van der Waals surface area contributed by atoms with Gasteiger partial charge in [-0.15, -0.1) is 11.8 Å². The lowest BCUT2D eigenvalue weighted by Gasteiger charge is -2.15. The second kappa shape index (κ2) is 12.2. The number of carbonyl (C=O) groups excluding carboxylic acids is 1. The molecule has 0 saturated carbocycles. The molecular formula is C13H25FO2S. The van der Waals surface area contributed by atoms with Crippen LogP contribution in [0.1, 0.15) is 52.4 Å². The molecule has 1 unspecified atom stereocenters. The fourth-order valence-corrected chi connectivity index (χ4v) is 2.52. The molecule has 0 saturated heterocycles. The summed E-state index contributed by atoms with van der Waals surface area (Å²) in [5.74, 6) is 0.584. The highest BCUT2D eigenvalue weighted by Gasteiger charge is 2.19. The predicted molar refractivity (Wildman–Crippen MR) is 72.2 cm³/mol. The van der Waals surface area contributed by atoms with Crippen LogP contribution in [0.3, 0.4) is 0 Å². The Morgan fingerprint density at radius 1 is 1.24 bits per heavy atom. The molecule has 0 aliphatic rings. The average Bonchev–Trinajstić information content (AvgIpc) is 2.34. The largest absolute Gasteiger partial charge is 0.465 e. The Morgan fingerprint density at radius 3 is 2.59 bits per heavy atom. The minimum Gasteiger partial charge on any atom is -0.465 e. The molecule has 17 heavy (non-hydrogen) atoms. The number of thioether (sulfide) groups is 1. The number of hydrogen-bond acceptors (Lipinski definition) is 3. The van der Waals surface area contributed by atoms with Gasteiger partial charge in [0.2, 0.25) is 0 Å². The molecule has 0 aliphatic heterocycles. The summed E-state index contributed by atoms with van der Waals surface area (Å²) in [6.45, 7) is 4.31. The molecular weight excluding hydrogens is 239 g/mol. The number of ether oxygens (including phenoxy) is 1. The van der Waals surface area contributed by atoms with Crippen molar-refractivity contribution in [1.82, 2.24) is 0 Å². The highest BCUT2D eigenvalue weighted by atomic mass is 32.2. The van der Waals surface area contributed by atoms with E-state index in [0.717, 1.165) is 32.1 Å². The topological polar surface area (TPSA) is 26.3 Å². The summed E-state index contributed by atoms with van der Waals surface area (Å²) >= 11 is 1.54. The number of rotatable bonds is 11. The first-order valence-corrected chi connectivity index (χ1v) is 7.65. The van der Waals surface area contributed by atoms with Gasteiger partial charge < -0.3 is 4.74 Å². The van der Waals surface area contributed by atoms with Crippen molar-refractivity contribution in [2.75, 3.05) is 19.0 Å². The van der Waals surface area contributed by atoms with E-state index >= 15 is 0 Å². The van der Waals surface area contributed by atoms with Crippen LogP contribution >= 0.6 is 11.8 Å². The van der Waals surface area contributed by atoms with Crippen LogP contribution in [0.15, 0.2) is 0 Å². The van der Waals surface area contributed by atoms with E-state index in [-0.39, 0.29) is 17.9 Å². The Bertz CT molecular complexity index is 178. The van der Waals surface area contributed by atoms with E-state index in [0.29, 0.717) is 18.8 Å². The van der Waals surface area contributed by atoms with Crippen molar-refractivity contribution in [1.29, 1.82) is 0 Å². The van der Waals surface area contributed by atoms with Crippen LogP contribution in [0.25, 0.3) is 0 Å². The molecule has 102 valence electrons. The van der Waals surface area contributed by atoms with Crippen LogP contribution in [0.2, 0.25) is 0 Å².